The van der Waals surface area contributed by atoms with E-state index in [2.05, 4.69) is 55.6 Å². The number of rotatable bonds is 72. The largest absolute Gasteiger partial charge is 0.466 e. The molecule has 0 aliphatic heterocycles. The molecule has 0 aliphatic rings. The van der Waals surface area contributed by atoms with Crippen LogP contribution in [-0.2, 0) is 14.3 Å². The van der Waals surface area contributed by atoms with Gasteiger partial charge in [0.05, 0.1) is 25.4 Å². The lowest BCUT2D eigenvalue weighted by atomic mass is 10.0. The van der Waals surface area contributed by atoms with Crippen LogP contribution >= 0.6 is 0 Å². The van der Waals surface area contributed by atoms with Crippen molar-refractivity contribution in [3.05, 3.63) is 48.6 Å². The lowest BCUT2D eigenvalue weighted by molar-refractivity contribution is -0.143. The quantitative estimate of drug-likeness (QED) is 0.0320. The zero-order valence-corrected chi connectivity index (χ0v) is 57.4. The number of hydrogen-bond acceptors (Lipinski definition) is 5. The number of carbonyl (C=O) groups is 2. The Kier molecular flexibility index (Phi) is 72.4. The van der Waals surface area contributed by atoms with E-state index in [1.54, 1.807) is 6.08 Å². The second-order valence-corrected chi connectivity index (χ2v) is 26.3. The Bertz CT molecular complexity index is 1420. The van der Waals surface area contributed by atoms with Gasteiger partial charge in [0.15, 0.2) is 0 Å². The molecule has 0 aromatic carbocycles. The summed E-state index contributed by atoms with van der Waals surface area (Å²) in [5.41, 5.74) is 0. The molecule has 0 aromatic heterocycles. The molecule has 0 bridgehead atoms. The SMILES string of the molecule is CCCCCC/C=C\C/C=C\CCCCCCCCCC(=O)OCCCCCCCCCCCCCC/C=C\CCCCCCCCCCCC(=O)NC(CO)C(O)/C=C/CCCCCCCCCCCCCCCCCCCCCCCCC. The Hall–Kier alpha value is -2.18. The van der Waals surface area contributed by atoms with E-state index in [4.69, 9.17) is 4.74 Å². The third-order valence-corrected chi connectivity index (χ3v) is 17.8. The molecule has 6 nitrogen and oxygen atoms in total. The van der Waals surface area contributed by atoms with Gasteiger partial charge in [0.25, 0.3) is 0 Å². The van der Waals surface area contributed by atoms with Crippen molar-refractivity contribution in [1.29, 1.82) is 0 Å². The number of unbranched alkanes of at least 4 members (excludes halogenated alkanes) is 55. The van der Waals surface area contributed by atoms with Gasteiger partial charge in [-0.2, -0.15) is 0 Å². The smallest absolute Gasteiger partial charge is 0.305 e. The Labute approximate surface area is 531 Å². The summed E-state index contributed by atoms with van der Waals surface area (Å²) in [7, 11) is 0. The maximum Gasteiger partial charge on any atom is 0.305 e. The number of aliphatic hydroxyl groups is 2. The molecule has 0 aromatic rings. The average Bonchev–Trinajstić information content (AvgIpc) is 3.51. The van der Waals surface area contributed by atoms with Crippen molar-refractivity contribution < 1.29 is 24.5 Å². The van der Waals surface area contributed by atoms with Crippen LogP contribution in [0.1, 0.15) is 418 Å². The molecule has 2 unspecified atom stereocenters. The first kappa shape index (κ1) is 82.8. The summed E-state index contributed by atoms with van der Waals surface area (Å²) in [6.07, 6.45) is 97.8. The van der Waals surface area contributed by atoms with Crippen LogP contribution in [-0.4, -0.2) is 47.4 Å². The normalized spacial score (nSPS) is 12.8. The molecule has 0 aliphatic carbocycles. The molecular weight excluding hydrogens is 1040 g/mol. The Morgan fingerprint density at radius 1 is 0.329 bits per heavy atom. The minimum Gasteiger partial charge on any atom is -0.466 e. The molecule has 3 N–H and O–H groups in total. The Morgan fingerprint density at radius 3 is 0.918 bits per heavy atom. The topological polar surface area (TPSA) is 95.9 Å². The minimum absolute atomic E-state index is 0.00624. The van der Waals surface area contributed by atoms with Crippen molar-refractivity contribution in [2.75, 3.05) is 13.2 Å². The lowest BCUT2D eigenvalue weighted by Gasteiger charge is -2.20. The summed E-state index contributed by atoms with van der Waals surface area (Å²) in [5.74, 6) is -0.0607. The van der Waals surface area contributed by atoms with Gasteiger partial charge in [-0.1, -0.05) is 364 Å². The van der Waals surface area contributed by atoms with E-state index in [0.29, 0.717) is 19.4 Å². The average molecular weight is 1190 g/mol. The highest BCUT2D eigenvalue weighted by Crippen LogP contribution is 2.19. The second kappa shape index (κ2) is 74.3. The van der Waals surface area contributed by atoms with E-state index < -0.39 is 12.1 Å². The number of carbonyl (C=O) groups excluding carboxylic acids is 2. The summed E-state index contributed by atoms with van der Waals surface area (Å²) >= 11 is 0. The van der Waals surface area contributed by atoms with Crippen LogP contribution < -0.4 is 5.32 Å². The van der Waals surface area contributed by atoms with E-state index >= 15 is 0 Å². The van der Waals surface area contributed by atoms with E-state index in [1.807, 2.05) is 6.08 Å². The highest BCUT2D eigenvalue weighted by molar-refractivity contribution is 5.76. The maximum absolute atomic E-state index is 12.6. The van der Waals surface area contributed by atoms with Crippen molar-refractivity contribution >= 4 is 11.9 Å². The first-order valence-electron chi connectivity index (χ1n) is 38.4. The molecule has 0 fully saturated rings. The van der Waals surface area contributed by atoms with E-state index in [1.165, 1.54) is 340 Å². The monoisotopic (exact) mass is 1190 g/mol. The molecule has 0 heterocycles. The number of hydrogen-bond donors (Lipinski definition) is 3. The van der Waals surface area contributed by atoms with Crippen LogP contribution in [0.3, 0.4) is 0 Å². The van der Waals surface area contributed by atoms with Gasteiger partial charge < -0.3 is 20.3 Å². The van der Waals surface area contributed by atoms with Crippen LogP contribution in [0, 0.1) is 0 Å². The van der Waals surface area contributed by atoms with Gasteiger partial charge in [-0.15, -0.1) is 0 Å². The molecule has 0 rings (SSSR count). The molecule has 1 amide bonds. The molecule has 500 valence electrons. The predicted molar refractivity (Wildman–Crippen MR) is 375 cm³/mol. The van der Waals surface area contributed by atoms with Gasteiger partial charge in [0, 0.05) is 12.8 Å². The lowest BCUT2D eigenvalue weighted by Crippen LogP contribution is -2.45. The van der Waals surface area contributed by atoms with E-state index in [9.17, 15) is 19.8 Å². The van der Waals surface area contributed by atoms with Gasteiger partial charge in [-0.25, -0.2) is 0 Å². The van der Waals surface area contributed by atoms with Gasteiger partial charge >= 0.3 is 5.97 Å². The van der Waals surface area contributed by atoms with Gasteiger partial charge in [-0.05, 0) is 89.9 Å². The third-order valence-electron chi connectivity index (χ3n) is 17.8. The number of allylic oxidation sites excluding steroid dienone is 7. The van der Waals surface area contributed by atoms with Gasteiger partial charge in [-0.3, -0.25) is 9.59 Å². The predicted octanol–water partition coefficient (Wildman–Crippen LogP) is 25.2. The fourth-order valence-corrected chi connectivity index (χ4v) is 12.0. The Balaban J connectivity index is 3.42. The first-order valence-corrected chi connectivity index (χ1v) is 38.4. The first-order chi connectivity index (χ1) is 42.0. The number of nitrogens with one attached hydrogen (secondary N) is 1. The van der Waals surface area contributed by atoms with Gasteiger partial charge in [0.2, 0.25) is 5.91 Å². The fraction of sp³-hybridized carbons (Fsp3) is 0.873. The summed E-state index contributed by atoms with van der Waals surface area (Å²) in [5, 5.41) is 23.3. The molecule has 6 heteroatoms. The van der Waals surface area contributed by atoms with Crippen molar-refractivity contribution in [1.82, 2.24) is 5.32 Å². The minimum atomic E-state index is -0.849. The summed E-state index contributed by atoms with van der Waals surface area (Å²) in [4.78, 5) is 24.7. The molecule has 0 saturated heterocycles. The number of aliphatic hydroxyl groups excluding tert-OH is 2. The standard InChI is InChI=1S/C79H149NO5/c1-3-5-7-9-11-13-15-17-19-21-23-24-25-27-30-33-36-39-43-47-51-55-59-63-67-71-77(82)76(75-81)80-78(83)72-68-64-60-56-52-48-44-40-37-34-31-28-26-29-32-35-38-42-46-50-54-58-62-66-70-74-85-79(84)73-69-65-61-57-53-49-45-41-22-20-18-16-14-12-10-8-6-4-2/h14,16,20,22,28,31,67,71,76-77,81-82H,3-13,15,17-19,21,23-27,29-30,32-66,68-70,72-75H2,1-2H3,(H,80,83)/b16-14-,22-20-,31-28-,71-67+. The van der Waals surface area contributed by atoms with Crippen molar-refractivity contribution in [3.63, 3.8) is 0 Å². The highest BCUT2D eigenvalue weighted by atomic mass is 16.5. The number of esters is 1. The Morgan fingerprint density at radius 2 is 0.588 bits per heavy atom. The molecule has 0 radical (unpaired) electrons. The van der Waals surface area contributed by atoms with Crippen LogP contribution in [0.5, 0.6) is 0 Å². The molecule has 0 spiro atoms. The van der Waals surface area contributed by atoms with Gasteiger partial charge in [0.1, 0.15) is 0 Å². The second-order valence-electron chi connectivity index (χ2n) is 26.3. The summed E-state index contributed by atoms with van der Waals surface area (Å²) in [6.45, 7) is 4.92. The van der Waals surface area contributed by atoms with Crippen molar-refractivity contribution in [2.24, 2.45) is 0 Å². The van der Waals surface area contributed by atoms with Crippen molar-refractivity contribution in [2.45, 2.75) is 431 Å². The highest BCUT2D eigenvalue weighted by Gasteiger charge is 2.18. The molecule has 85 heavy (non-hydrogen) atoms. The third kappa shape index (κ3) is 70.8. The van der Waals surface area contributed by atoms with Crippen LogP contribution in [0.4, 0.5) is 0 Å². The van der Waals surface area contributed by atoms with Crippen molar-refractivity contribution in [3.8, 4) is 0 Å². The molecular formula is C79H149NO5. The molecule has 0 saturated carbocycles. The van der Waals surface area contributed by atoms with Crippen LogP contribution in [0.25, 0.3) is 0 Å². The number of ether oxygens (including phenoxy) is 1. The molecule has 2 atom stereocenters. The van der Waals surface area contributed by atoms with E-state index in [-0.39, 0.29) is 18.5 Å². The van der Waals surface area contributed by atoms with Crippen LogP contribution in [0.2, 0.25) is 0 Å². The fourth-order valence-electron chi connectivity index (χ4n) is 12.0. The zero-order chi connectivity index (χ0) is 61.3. The zero-order valence-electron chi connectivity index (χ0n) is 57.4. The van der Waals surface area contributed by atoms with E-state index in [0.717, 1.165) is 51.4 Å². The summed E-state index contributed by atoms with van der Waals surface area (Å²) in [6, 6.07) is -0.633. The summed E-state index contributed by atoms with van der Waals surface area (Å²) < 4.78 is 5.50. The number of amides is 1. The maximum atomic E-state index is 12.6. The van der Waals surface area contributed by atoms with Crippen LogP contribution in [0.15, 0.2) is 48.6 Å².